The van der Waals surface area contributed by atoms with E-state index in [0.29, 0.717) is 17.4 Å². The van der Waals surface area contributed by atoms with Gasteiger partial charge in [0.15, 0.2) is 0 Å². The highest BCUT2D eigenvalue weighted by Crippen LogP contribution is 2.43. The number of ether oxygens (including phenoxy) is 1. The third-order valence-electron chi connectivity index (χ3n) is 15.6. The maximum atomic E-state index is 13.6. The van der Waals surface area contributed by atoms with Crippen molar-refractivity contribution >= 4 is 19.7 Å². The first-order valence-corrected chi connectivity index (χ1v) is 36.8. The van der Waals surface area contributed by atoms with E-state index in [1.54, 1.807) is 0 Å². The molecule has 0 aromatic carbocycles. The average molecular weight is 1180 g/mol. The van der Waals surface area contributed by atoms with E-state index in [0.717, 1.165) is 89.9 Å². The summed E-state index contributed by atoms with van der Waals surface area (Å²) >= 11 is 0. The Morgan fingerprint density at radius 1 is 0.422 bits per heavy atom. The molecule has 3 unspecified atom stereocenters. The van der Waals surface area contributed by atoms with Crippen LogP contribution in [0.1, 0.15) is 329 Å². The van der Waals surface area contributed by atoms with Crippen molar-refractivity contribution in [3.05, 3.63) is 72.9 Å². The molecule has 83 heavy (non-hydrogen) atoms. The third-order valence-corrected chi connectivity index (χ3v) is 16.6. The zero-order valence-corrected chi connectivity index (χ0v) is 56.3. The molecule has 3 atom stereocenters. The van der Waals surface area contributed by atoms with E-state index in [-0.39, 0.29) is 31.5 Å². The molecule has 0 bridgehead atoms. The van der Waals surface area contributed by atoms with Gasteiger partial charge < -0.3 is 19.4 Å². The van der Waals surface area contributed by atoms with Crippen LogP contribution < -0.4 is 5.32 Å². The van der Waals surface area contributed by atoms with Gasteiger partial charge in [0.1, 0.15) is 19.3 Å². The number of rotatable bonds is 64. The molecule has 0 aliphatic heterocycles. The Kier molecular flexibility index (Phi) is 60.6. The highest BCUT2D eigenvalue weighted by Gasteiger charge is 2.30. The van der Waals surface area contributed by atoms with E-state index in [4.69, 9.17) is 13.8 Å². The van der Waals surface area contributed by atoms with E-state index in [9.17, 15) is 19.0 Å². The zero-order chi connectivity index (χ0) is 60.7. The fraction of sp³-hybridized carbons (Fsp3) is 0.808. The van der Waals surface area contributed by atoms with Crippen molar-refractivity contribution in [2.75, 3.05) is 40.9 Å². The molecule has 0 spiro atoms. The van der Waals surface area contributed by atoms with E-state index in [1.807, 2.05) is 33.3 Å². The van der Waals surface area contributed by atoms with Gasteiger partial charge in [0.25, 0.3) is 0 Å². The number of hydrogen-bond donors (Lipinski definition) is 2. The van der Waals surface area contributed by atoms with E-state index in [2.05, 4.69) is 86.8 Å². The predicted octanol–water partition coefficient (Wildman–Crippen LogP) is 22.3. The number of hydrogen-bond acceptors (Lipinski definition) is 6. The number of likely N-dealkylation sites (N-methyl/N-ethyl adjacent to an activating group) is 1. The van der Waals surface area contributed by atoms with Crippen LogP contribution in [0.2, 0.25) is 0 Å². The highest BCUT2D eigenvalue weighted by atomic mass is 31.2. The van der Waals surface area contributed by atoms with Crippen molar-refractivity contribution in [1.29, 1.82) is 0 Å². The second-order valence-electron chi connectivity index (χ2n) is 25.0. The standard InChI is InChI=1S/C73H135N2O7P/c1-7-10-13-16-19-22-25-28-30-32-34-35-36-37-38-39-41-42-44-47-50-53-56-59-62-65-72(76)74-70(69-81-83(78,79)80-68-67-75(4,5)6)71(64-61-58-55-52-49-46-27-24-21-18-15-12-9-3)82-73(77)66-63-60-57-54-51-48-45-43-40-33-31-29-26-23-20-17-14-11-8-2/h19-20,22-23,28-31,40,43,61,64,70-71H,7-18,21,24-27,32-39,41-42,44-60,62-63,65-69H2,1-6H3,(H-,74,76,78,79)/p+1/b22-19-,23-20-,30-28-,31-29-,43-40-,64-61-. The second kappa shape index (κ2) is 62.5. The quantitative estimate of drug-likeness (QED) is 0.0205. The first-order chi connectivity index (χ1) is 40.4. The van der Waals surface area contributed by atoms with E-state index < -0.39 is 20.0 Å². The Hall–Kier alpha value is -2.55. The summed E-state index contributed by atoms with van der Waals surface area (Å²) in [7, 11) is 1.49. The van der Waals surface area contributed by atoms with Gasteiger partial charge in [0, 0.05) is 12.8 Å². The topological polar surface area (TPSA) is 111 Å². The predicted molar refractivity (Wildman–Crippen MR) is 360 cm³/mol. The van der Waals surface area contributed by atoms with Crippen LogP contribution in [0.4, 0.5) is 0 Å². The summed E-state index contributed by atoms with van der Waals surface area (Å²) < 4.78 is 30.8. The fourth-order valence-electron chi connectivity index (χ4n) is 10.2. The Morgan fingerprint density at radius 3 is 1.12 bits per heavy atom. The van der Waals surface area contributed by atoms with Crippen LogP contribution in [0, 0.1) is 0 Å². The molecule has 0 radical (unpaired) electrons. The molecule has 0 rings (SSSR count). The average Bonchev–Trinajstić information content (AvgIpc) is 3.46. The first-order valence-electron chi connectivity index (χ1n) is 35.3. The second-order valence-corrected chi connectivity index (χ2v) is 26.5. The van der Waals surface area contributed by atoms with Gasteiger partial charge in [0.05, 0.1) is 33.8 Å². The Morgan fingerprint density at radius 2 is 0.735 bits per heavy atom. The van der Waals surface area contributed by atoms with Crippen LogP contribution in [-0.4, -0.2) is 74.3 Å². The summed E-state index contributed by atoms with van der Waals surface area (Å²) in [5.41, 5.74) is 0. The smallest absolute Gasteiger partial charge is 0.456 e. The summed E-state index contributed by atoms with van der Waals surface area (Å²) in [4.78, 5) is 37.9. The number of carbonyl (C=O) groups excluding carboxylic acids is 2. The Labute approximate surface area is 514 Å². The van der Waals surface area contributed by atoms with E-state index >= 15 is 0 Å². The summed E-state index contributed by atoms with van der Waals surface area (Å²) in [5, 5.41) is 3.07. The monoisotopic (exact) mass is 1180 g/mol. The third kappa shape index (κ3) is 63.8. The largest absolute Gasteiger partial charge is 0.472 e. The molecule has 0 fully saturated rings. The van der Waals surface area contributed by atoms with Crippen LogP contribution in [-0.2, 0) is 27.9 Å². The molecule has 9 nitrogen and oxygen atoms in total. The molecule has 484 valence electrons. The van der Waals surface area contributed by atoms with E-state index in [1.165, 1.54) is 205 Å². The number of esters is 1. The number of phosphoric ester groups is 1. The fourth-order valence-corrected chi connectivity index (χ4v) is 10.9. The molecule has 0 aliphatic rings. The zero-order valence-electron chi connectivity index (χ0n) is 55.4. The number of carbonyl (C=O) groups is 2. The molecule has 2 N–H and O–H groups in total. The van der Waals surface area contributed by atoms with Crippen molar-refractivity contribution in [3.63, 3.8) is 0 Å². The van der Waals surface area contributed by atoms with Crippen molar-refractivity contribution in [3.8, 4) is 0 Å². The SMILES string of the molecule is CCCCC/C=C\C/C=C\C/C=C\CCCCCCCCC(=O)OC(/C=C\CCCCCCCCCCCCC)C(COP(=O)(O)OCC[N+](C)(C)C)NC(=O)CCCCCCCCCCCCCCCCC/C=C\C/C=C\CCCCC. The van der Waals surface area contributed by atoms with Crippen LogP contribution >= 0.6 is 7.82 Å². The summed E-state index contributed by atoms with van der Waals surface area (Å²) in [5.74, 6) is -0.510. The molecular weight excluding hydrogens is 1050 g/mol. The maximum absolute atomic E-state index is 13.6. The molecule has 0 aromatic rings. The van der Waals surface area contributed by atoms with Crippen molar-refractivity contribution in [1.82, 2.24) is 5.32 Å². The van der Waals surface area contributed by atoms with Gasteiger partial charge in [-0.15, -0.1) is 0 Å². The number of quaternary nitrogens is 1. The minimum absolute atomic E-state index is 0.0369. The Balaban J connectivity index is 5.11. The highest BCUT2D eigenvalue weighted by molar-refractivity contribution is 7.47. The molecular formula is C73H136N2O7P+. The normalized spacial score (nSPS) is 14.0. The first kappa shape index (κ1) is 80.5. The van der Waals surface area contributed by atoms with Crippen LogP contribution in [0.5, 0.6) is 0 Å². The van der Waals surface area contributed by atoms with Crippen molar-refractivity contribution in [2.24, 2.45) is 0 Å². The minimum atomic E-state index is -4.46. The van der Waals surface area contributed by atoms with Crippen LogP contribution in [0.25, 0.3) is 0 Å². The molecule has 0 aromatic heterocycles. The summed E-state index contributed by atoms with van der Waals surface area (Å²) in [6.45, 7) is 6.99. The lowest BCUT2D eigenvalue weighted by Crippen LogP contribution is -2.47. The molecule has 0 heterocycles. The molecule has 1 amide bonds. The molecule has 0 saturated carbocycles. The van der Waals surface area contributed by atoms with Gasteiger partial charge >= 0.3 is 13.8 Å². The molecule has 0 aliphatic carbocycles. The van der Waals surface area contributed by atoms with Crippen molar-refractivity contribution < 1.29 is 37.3 Å². The van der Waals surface area contributed by atoms with Gasteiger partial charge in [-0.2, -0.15) is 0 Å². The number of phosphoric acid groups is 1. The summed E-state index contributed by atoms with van der Waals surface area (Å²) in [6.07, 6.45) is 81.9. The van der Waals surface area contributed by atoms with Gasteiger partial charge in [0.2, 0.25) is 5.91 Å². The number of amides is 1. The molecule has 0 saturated heterocycles. The van der Waals surface area contributed by atoms with Gasteiger partial charge in [-0.3, -0.25) is 18.6 Å². The van der Waals surface area contributed by atoms with Crippen LogP contribution in [0.3, 0.4) is 0 Å². The number of nitrogens with zero attached hydrogens (tertiary/aromatic N) is 1. The Bertz CT molecular complexity index is 1650. The van der Waals surface area contributed by atoms with Gasteiger partial charge in [-0.1, -0.05) is 287 Å². The lowest BCUT2D eigenvalue weighted by atomic mass is 10.0. The lowest BCUT2D eigenvalue weighted by molar-refractivity contribution is -0.870. The van der Waals surface area contributed by atoms with Gasteiger partial charge in [-0.25, -0.2) is 4.57 Å². The molecule has 10 heteroatoms. The lowest BCUT2D eigenvalue weighted by Gasteiger charge is -2.27. The van der Waals surface area contributed by atoms with Crippen LogP contribution in [0.15, 0.2) is 72.9 Å². The number of unbranched alkanes of at least 4 members (excludes halogenated alkanes) is 38. The van der Waals surface area contributed by atoms with Gasteiger partial charge in [-0.05, 0) is 102 Å². The minimum Gasteiger partial charge on any atom is -0.456 e. The number of nitrogens with one attached hydrogen (secondary N) is 1. The maximum Gasteiger partial charge on any atom is 0.472 e. The summed E-state index contributed by atoms with van der Waals surface area (Å²) in [6, 6.07) is -0.857. The number of allylic oxidation sites excluding steroid dienone is 11. The van der Waals surface area contributed by atoms with Crippen molar-refractivity contribution in [2.45, 2.75) is 341 Å².